The number of hydrogen-bond donors (Lipinski definition) is 1. The number of allylic oxidation sites excluding steroid dienone is 4. The number of aliphatic hydroxyl groups is 1. The van der Waals surface area contributed by atoms with Gasteiger partial charge in [0, 0.05) is 16.7 Å². The van der Waals surface area contributed by atoms with Gasteiger partial charge in [0.25, 0.3) is 0 Å². The maximum Gasteiger partial charge on any atom is 0.307 e. The highest BCUT2D eigenvalue weighted by Crippen LogP contribution is 2.72. The molecule has 36 heavy (non-hydrogen) atoms. The highest BCUT2D eigenvalue weighted by Gasteiger charge is 2.76. The average Bonchev–Trinajstić information content (AvgIpc) is 3.05. The summed E-state index contributed by atoms with van der Waals surface area (Å²) in [6.45, 7) is 5.74. The van der Waals surface area contributed by atoms with Gasteiger partial charge in [-0.3, -0.25) is 19.2 Å². The lowest BCUT2D eigenvalue weighted by atomic mass is 9.45. The molecule has 0 unspecified atom stereocenters. The topological polar surface area (TPSA) is 107 Å². The Labute approximate surface area is 221 Å². The van der Waals surface area contributed by atoms with Crippen LogP contribution in [0.5, 0.6) is 0 Å². The van der Waals surface area contributed by atoms with E-state index in [0.29, 0.717) is 19.3 Å². The van der Waals surface area contributed by atoms with Gasteiger partial charge < -0.3 is 14.6 Å². The summed E-state index contributed by atoms with van der Waals surface area (Å²) < 4.78 is 10.7. The second kappa shape index (κ2) is 9.25. The standard InChI is InChI=1S/C27H34Cl2O7/c1-15-11-19-18-6-5-16-12-17(30)9-10-24(16,2)26(18,29)20(31)13-25(19,3)27(15,21(32)14-28)36-23(34)8-7-22(33)35-4/h9-10,12,15,18-20,31H,5-8,11,13-14H2,1-4H3/t15-,18-,19-,20-,24-,25-,26-,27-/m0/s1. The van der Waals surface area contributed by atoms with Crippen LogP contribution in [0, 0.1) is 28.6 Å². The Balaban J connectivity index is 1.76. The summed E-state index contributed by atoms with van der Waals surface area (Å²) in [5, 5.41) is 11.7. The molecule has 0 spiro atoms. The minimum Gasteiger partial charge on any atom is -0.469 e. The van der Waals surface area contributed by atoms with Gasteiger partial charge in [-0.1, -0.05) is 32.4 Å². The molecule has 1 N–H and O–H groups in total. The molecule has 0 radical (unpaired) electrons. The first kappa shape index (κ1) is 27.3. The van der Waals surface area contributed by atoms with Crippen LogP contribution in [0.1, 0.15) is 59.3 Å². The van der Waals surface area contributed by atoms with E-state index in [1.165, 1.54) is 13.2 Å². The van der Waals surface area contributed by atoms with Crippen molar-refractivity contribution in [3.05, 3.63) is 23.8 Å². The van der Waals surface area contributed by atoms with Crippen molar-refractivity contribution in [1.82, 2.24) is 0 Å². The van der Waals surface area contributed by atoms with Crippen LogP contribution in [0.4, 0.5) is 0 Å². The van der Waals surface area contributed by atoms with Crippen molar-refractivity contribution >= 4 is 46.7 Å². The van der Waals surface area contributed by atoms with Gasteiger partial charge in [0.1, 0.15) is 0 Å². The van der Waals surface area contributed by atoms with Crippen LogP contribution < -0.4 is 0 Å². The molecule has 0 aliphatic heterocycles. The Hall–Kier alpha value is -1.70. The van der Waals surface area contributed by atoms with Gasteiger partial charge in [-0.05, 0) is 49.7 Å². The van der Waals surface area contributed by atoms with E-state index in [-0.39, 0.29) is 48.7 Å². The van der Waals surface area contributed by atoms with Crippen molar-refractivity contribution in [3.63, 3.8) is 0 Å². The third-order valence-corrected chi connectivity index (χ3v) is 10.9. The first-order chi connectivity index (χ1) is 16.8. The second-order valence-electron chi connectivity index (χ2n) is 11.2. The number of alkyl halides is 2. The molecular weight excluding hydrogens is 507 g/mol. The van der Waals surface area contributed by atoms with Gasteiger partial charge in [-0.25, -0.2) is 0 Å². The number of ether oxygens (including phenoxy) is 2. The monoisotopic (exact) mass is 540 g/mol. The number of halogens is 2. The second-order valence-corrected chi connectivity index (χ2v) is 12.1. The number of fused-ring (bicyclic) bond motifs is 5. The molecule has 3 fully saturated rings. The zero-order valence-corrected chi connectivity index (χ0v) is 22.7. The predicted octanol–water partition coefficient (Wildman–Crippen LogP) is 3.92. The van der Waals surface area contributed by atoms with E-state index >= 15 is 0 Å². The maximum atomic E-state index is 13.5. The van der Waals surface area contributed by atoms with Crippen LogP contribution in [0.2, 0.25) is 0 Å². The van der Waals surface area contributed by atoms with Crippen molar-refractivity contribution in [2.75, 3.05) is 13.0 Å². The Bertz CT molecular complexity index is 1050. The summed E-state index contributed by atoms with van der Waals surface area (Å²) in [6.07, 6.45) is 5.49. The quantitative estimate of drug-likeness (QED) is 0.401. The van der Waals surface area contributed by atoms with Crippen LogP contribution in [0.25, 0.3) is 0 Å². The molecule has 9 heteroatoms. The molecular formula is C27H34Cl2O7. The van der Waals surface area contributed by atoms with Gasteiger partial charge in [-0.2, -0.15) is 0 Å². The molecule has 0 aromatic carbocycles. The van der Waals surface area contributed by atoms with E-state index < -0.39 is 45.1 Å². The van der Waals surface area contributed by atoms with Crippen LogP contribution in [-0.2, 0) is 28.7 Å². The van der Waals surface area contributed by atoms with Crippen molar-refractivity contribution in [2.24, 2.45) is 28.6 Å². The number of carbonyl (C=O) groups excluding carboxylic acids is 4. The number of aliphatic hydroxyl groups excluding tert-OH is 1. The molecule has 4 aliphatic carbocycles. The molecule has 0 amide bonds. The Morgan fingerprint density at radius 3 is 2.47 bits per heavy atom. The van der Waals surface area contributed by atoms with E-state index in [9.17, 15) is 24.3 Å². The van der Waals surface area contributed by atoms with Crippen LogP contribution in [-0.4, -0.2) is 58.2 Å². The van der Waals surface area contributed by atoms with Gasteiger partial charge in [0.15, 0.2) is 17.2 Å². The molecule has 0 heterocycles. The van der Waals surface area contributed by atoms with Crippen molar-refractivity contribution in [2.45, 2.75) is 75.9 Å². The fourth-order valence-corrected chi connectivity index (χ4v) is 8.76. The number of ketones is 2. The van der Waals surface area contributed by atoms with E-state index in [4.69, 9.17) is 27.9 Å². The van der Waals surface area contributed by atoms with Gasteiger partial charge >= 0.3 is 11.9 Å². The van der Waals surface area contributed by atoms with Crippen molar-refractivity contribution < 1.29 is 33.8 Å². The number of hydrogen-bond acceptors (Lipinski definition) is 7. The zero-order valence-electron chi connectivity index (χ0n) is 21.1. The number of methoxy groups -OCH3 is 1. The first-order valence-electron chi connectivity index (χ1n) is 12.5. The molecule has 0 bridgehead atoms. The predicted molar refractivity (Wildman–Crippen MR) is 133 cm³/mol. The molecule has 0 aromatic heterocycles. The fraction of sp³-hybridized carbons (Fsp3) is 0.704. The summed E-state index contributed by atoms with van der Waals surface area (Å²) in [5.41, 5.74) is -2.30. The third kappa shape index (κ3) is 3.56. The Morgan fingerprint density at radius 1 is 1.17 bits per heavy atom. The Morgan fingerprint density at radius 2 is 1.83 bits per heavy atom. The lowest BCUT2D eigenvalue weighted by molar-refractivity contribution is -0.200. The first-order valence-corrected chi connectivity index (χ1v) is 13.4. The van der Waals surface area contributed by atoms with E-state index in [0.717, 1.165) is 5.57 Å². The average molecular weight is 541 g/mol. The lowest BCUT2D eigenvalue weighted by Crippen LogP contribution is -2.69. The Kier molecular flexibility index (Phi) is 7.02. The number of carbonyl (C=O) groups is 4. The molecule has 8 atom stereocenters. The number of esters is 2. The molecule has 0 aromatic rings. The van der Waals surface area contributed by atoms with Crippen LogP contribution >= 0.6 is 23.2 Å². The number of Topliss-reactive ketones (excluding diaryl/α,β-unsaturated/α-hetero) is 1. The maximum absolute atomic E-state index is 13.5. The molecule has 3 saturated carbocycles. The van der Waals surface area contributed by atoms with Gasteiger partial charge in [0.2, 0.25) is 0 Å². The van der Waals surface area contributed by atoms with Crippen LogP contribution in [0.3, 0.4) is 0 Å². The molecule has 4 rings (SSSR count). The summed E-state index contributed by atoms with van der Waals surface area (Å²) in [6, 6.07) is 0. The zero-order chi connectivity index (χ0) is 26.7. The minimum absolute atomic E-state index is 0.0867. The van der Waals surface area contributed by atoms with Gasteiger partial charge in [0.05, 0.1) is 36.8 Å². The highest BCUT2D eigenvalue weighted by molar-refractivity contribution is 6.29. The number of rotatable bonds is 6. The van der Waals surface area contributed by atoms with Crippen LogP contribution in [0.15, 0.2) is 23.8 Å². The minimum atomic E-state index is -1.55. The molecule has 0 saturated heterocycles. The third-order valence-electron chi connectivity index (χ3n) is 9.75. The fourth-order valence-electron chi connectivity index (χ4n) is 8.03. The summed E-state index contributed by atoms with van der Waals surface area (Å²) in [5.74, 6) is -2.79. The van der Waals surface area contributed by atoms with E-state index in [2.05, 4.69) is 4.74 Å². The highest BCUT2D eigenvalue weighted by atomic mass is 35.5. The van der Waals surface area contributed by atoms with Crippen molar-refractivity contribution in [1.29, 1.82) is 0 Å². The van der Waals surface area contributed by atoms with Crippen molar-refractivity contribution in [3.8, 4) is 0 Å². The van der Waals surface area contributed by atoms with Gasteiger partial charge in [-0.15, -0.1) is 23.2 Å². The molecule has 198 valence electrons. The summed E-state index contributed by atoms with van der Waals surface area (Å²) in [4.78, 5) is 49.1. The van der Waals surface area contributed by atoms with E-state index in [1.807, 2.05) is 26.8 Å². The smallest absolute Gasteiger partial charge is 0.307 e. The summed E-state index contributed by atoms with van der Waals surface area (Å²) in [7, 11) is 1.24. The molecule has 7 nitrogen and oxygen atoms in total. The summed E-state index contributed by atoms with van der Waals surface area (Å²) >= 11 is 13.5. The lowest BCUT2D eigenvalue weighted by Gasteiger charge is -2.64. The normalized spacial score (nSPS) is 43.1. The van der Waals surface area contributed by atoms with E-state index in [1.54, 1.807) is 6.08 Å². The largest absolute Gasteiger partial charge is 0.469 e. The SMILES string of the molecule is COC(=O)CCC(=O)O[C@]1(C(=O)CCl)[C@@H](C)C[C@H]2[C@@H]3CCC4=CC(=O)C=C[C@]4(C)[C@@]3(Cl)[C@@H](O)C[C@@]21C. The molecule has 4 aliphatic rings.